The summed E-state index contributed by atoms with van der Waals surface area (Å²) in [5.74, 6) is -0.138. The van der Waals surface area contributed by atoms with Gasteiger partial charge in [-0.15, -0.1) is 0 Å². The molecular formula is C25H27N3O2. The second kappa shape index (κ2) is 10.4. The summed E-state index contributed by atoms with van der Waals surface area (Å²) in [6.07, 6.45) is 7.97. The number of allylic oxidation sites excluding steroid dienone is 1. The predicted molar refractivity (Wildman–Crippen MR) is 117 cm³/mol. The van der Waals surface area contributed by atoms with Gasteiger partial charge >= 0.3 is 0 Å². The van der Waals surface area contributed by atoms with Crippen LogP contribution in [0.3, 0.4) is 0 Å². The minimum Gasteiger partial charge on any atom is -0.349 e. The Kier molecular flexibility index (Phi) is 7.40. The maximum atomic E-state index is 12.6. The number of carbonyl (C=O) groups excluding carboxylic acids is 2. The van der Waals surface area contributed by atoms with Gasteiger partial charge in [-0.2, -0.15) is 5.26 Å². The van der Waals surface area contributed by atoms with Gasteiger partial charge in [-0.25, -0.2) is 0 Å². The first kappa shape index (κ1) is 21.3. The van der Waals surface area contributed by atoms with Gasteiger partial charge in [-0.05, 0) is 67.3 Å². The first-order valence-electron chi connectivity index (χ1n) is 10.5. The molecule has 1 fully saturated rings. The lowest BCUT2D eigenvalue weighted by Crippen LogP contribution is -2.34. The van der Waals surface area contributed by atoms with Crippen LogP contribution in [0.5, 0.6) is 0 Å². The summed E-state index contributed by atoms with van der Waals surface area (Å²) in [5.41, 5.74) is 3.21. The quantitative estimate of drug-likeness (QED) is 0.714. The van der Waals surface area contributed by atoms with Crippen molar-refractivity contribution in [2.24, 2.45) is 5.92 Å². The lowest BCUT2D eigenvalue weighted by molar-refractivity contribution is -0.123. The zero-order chi connectivity index (χ0) is 21.3. The molecule has 5 nitrogen and oxygen atoms in total. The molecule has 154 valence electrons. The summed E-state index contributed by atoms with van der Waals surface area (Å²) in [6.45, 7) is 2.09. The Morgan fingerprint density at radius 2 is 1.73 bits per heavy atom. The van der Waals surface area contributed by atoms with Gasteiger partial charge in [0.05, 0.1) is 11.6 Å². The third-order valence-electron chi connectivity index (χ3n) is 5.43. The third-order valence-corrected chi connectivity index (χ3v) is 5.43. The normalized spacial score (nSPS) is 18.1. The molecule has 2 aromatic carbocycles. The number of amides is 2. The highest BCUT2D eigenvalue weighted by Crippen LogP contribution is 2.26. The van der Waals surface area contributed by atoms with Crippen molar-refractivity contribution in [1.29, 1.82) is 5.26 Å². The summed E-state index contributed by atoms with van der Waals surface area (Å²) in [6, 6.07) is 16.9. The highest BCUT2D eigenvalue weighted by atomic mass is 16.2. The summed E-state index contributed by atoms with van der Waals surface area (Å²) in [4.78, 5) is 24.8. The molecule has 0 saturated heterocycles. The van der Waals surface area contributed by atoms with E-state index in [9.17, 15) is 9.59 Å². The topological polar surface area (TPSA) is 82.0 Å². The van der Waals surface area contributed by atoms with Crippen LogP contribution in [0.2, 0.25) is 0 Å². The van der Waals surface area contributed by atoms with E-state index in [4.69, 9.17) is 5.26 Å². The van der Waals surface area contributed by atoms with Crippen LogP contribution in [0, 0.1) is 17.2 Å². The van der Waals surface area contributed by atoms with Crippen LogP contribution in [-0.4, -0.2) is 17.9 Å². The Bertz CT molecular complexity index is 940. The van der Waals surface area contributed by atoms with Crippen LogP contribution in [0.15, 0.2) is 60.8 Å². The van der Waals surface area contributed by atoms with Crippen LogP contribution in [0.1, 0.15) is 54.9 Å². The Morgan fingerprint density at radius 3 is 2.37 bits per heavy atom. The fraction of sp³-hybridized carbons (Fsp3) is 0.320. The fourth-order valence-corrected chi connectivity index (χ4v) is 3.68. The first-order chi connectivity index (χ1) is 14.6. The lowest BCUT2D eigenvalue weighted by atomic mass is 10.0. The van der Waals surface area contributed by atoms with Gasteiger partial charge in [-0.1, -0.05) is 43.7 Å². The summed E-state index contributed by atoms with van der Waals surface area (Å²) in [5, 5.41) is 14.8. The SMILES string of the molecule is CCC/C=C/NC(=O)[C@H]1CC[C@@H](NC(=O)c2ccc(-c3ccc(C#N)cc3)cc2)C1. The Balaban J connectivity index is 1.52. The predicted octanol–water partition coefficient (Wildman–Crippen LogP) is 4.55. The van der Waals surface area contributed by atoms with Crippen molar-refractivity contribution in [2.75, 3.05) is 0 Å². The van der Waals surface area contributed by atoms with Crippen LogP contribution < -0.4 is 10.6 Å². The van der Waals surface area contributed by atoms with Crippen molar-refractivity contribution in [3.63, 3.8) is 0 Å². The lowest BCUT2D eigenvalue weighted by Gasteiger charge is -2.13. The highest BCUT2D eigenvalue weighted by molar-refractivity contribution is 5.95. The standard InChI is InChI=1S/C25H27N3O2/c1-2-3-4-15-27-24(29)22-13-14-23(16-22)28-25(30)21-11-9-20(10-12-21)19-7-5-18(17-26)6-8-19/h4-12,15,22-23H,2-3,13-14,16H2,1H3,(H,27,29)(H,28,30)/b15-4+/t22-,23+/m0/s1. The molecule has 1 aliphatic carbocycles. The molecule has 0 aromatic heterocycles. The highest BCUT2D eigenvalue weighted by Gasteiger charge is 2.30. The fourth-order valence-electron chi connectivity index (χ4n) is 3.68. The largest absolute Gasteiger partial charge is 0.349 e. The van der Waals surface area contributed by atoms with Crippen molar-refractivity contribution in [3.05, 3.63) is 71.9 Å². The zero-order valence-electron chi connectivity index (χ0n) is 17.2. The van der Waals surface area contributed by atoms with E-state index >= 15 is 0 Å². The van der Waals surface area contributed by atoms with Crippen molar-refractivity contribution >= 4 is 11.8 Å². The second-order valence-electron chi connectivity index (χ2n) is 7.65. The summed E-state index contributed by atoms with van der Waals surface area (Å²) < 4.78 is 0. The van der Waals surface area contributed by atoms with Gasteiger partial charge in [0, 0.05) is 17.5 Å². The van der Waals surface area contributed by atoms with Crippen LogP contribution in [-0.2, 0) is 4.79 Å². The Labute approximate surface area is 177 Å². The smallest absolute Gasteiger partial charge is 0.251 e. The zero-order valence-corrected chi connectivity index (χ0v) is 17.2. The first-order valence-corrected chi connectivity index (χ1v) is 10.5. The van der Waals surface area contributed by atoms with Gasteiger partial charge in [0.15, 0.2) is 0 Å². The molecule has 1 aliphatic rings. The van der Waals surface area contributed by atoms with Gasteiger partial charge in [-0.3, -0.25) is 9.59 Å². The Hall–Kier alpha value is -3.39. The van der Waals surface area contributed by atoms with Gasteiger partial charge in [0.25, 0.3) is 5.91 Å². The van der Waals surface area contributed by atoms with E-state index in [2.05, 4.69) is 23.6 Å². The molecule has 0 radical (unpaired) electrons. The van der Waals surface area contributed by atoms with Crippen molar-refractivity contribution in [1.82, 2.24) is 10.6 Å². The van der Waals surface area contributed by atoms with E-state index in [0.717, 1.165) is 36.8 Å². The number of unbranched alkanes of at least 4 members (excludes halogenated alkanes) is 1. The van der Waals surface area contributed by atoms with Crippen molar-refractivity contribution in [3.8, 4) is 17.2 Å². The van der Waals surface area contributed by atoms with E-state index in [1.807, 2.05) is 30.3 Å². The van der Waals surface area contributed by atoms with E-state index in [1.54, 1.807) is 30.5 Å². The number of nitriles is 1. The molecule has 0 spiro atoms. The molecule has 5 heteroatoms. The molecule has 0 heterocycles. The molecule has 0 aliphatic heterocycles. The van der Waals surface area contributed by atoms with Crippen molar-refractivity contribution < 1.29 is 9.59 Å². The second-order valence-corrected chi connectivity index (χ2v) is 7.65. The van der Waals surface area contributed by atoms with E-state index < -0.39 is 0 Å². The minimum atomic E-state index is -0.115. The number of hydrogen-bond acceptors (Lipinski definition) is 3. The molecule has 0 bridgehead atoms. The monoisotopic (exact) mass is 401 g/mol. The van der Waals surface area contributed by atoms with E-state index in [-0.39, 0.29) is 23.8 Å². The molecular weight excluding hydrogens is 374 g/mol. The van der Waals surface area contributed by atoms with Gasteiger partial charge < -0.3 is 10.6 Å². The molecule has 2 atom stereocenters. The molecule has 2 N–H and O–H groups in total. The number of benzene rings is 2. The number of carbonyl (C=O) groups is 2. The number of hydrogen-bond donors (Lipinski definition) is 2. The number of nitrogens with zero attached hydrogens (tertiary/aromatic N) is 1. The van der Waals surface area contributed by atoms with Crippen LogP contribution in [0.4, 0.5) is 0 Å². The van der Waals surface area contributed by atoms with Gasteiger partial charge in [0.1, 0.15) is 0 Å². The molecule has 1 saturated carbocycles. The van der Waals surface area contributed by atoms with Crippen LogP contribution >= 0.6 is 0 Å². The number of nitrogens with one attached hydrogen (secondary N) is 2. The number of rotatable bonds is 7. The van der Waals surface area contributed by atoms with Crippen molar-refractivity contribution in [2.45, 2.75) is 45.1 Å². The van der Waals surface area contributed by atoms with Gasteiger partial charge in [0.2, 0.25) is 5.91 Å². The molecule has 2 amide bonds. The Morgan fingerprint density at radius 1 is 1.07 bits per heavy atom. The minimum absolute atomic E-state index is 0.0195. The average Bonchev–Trinajstić information content (AvgIpc) is 3.25. The van der Waals surface area contributed by atoms with Crippen LogP contribution in [0.25, 0.3) is 11.1 Å². The maximum Gasteiger partial charge on any atom is 0.251 e. The van der Waals surface area contributed by atoms with E-state index in [1.165, 1.54) is 0 Å². The summed E-state index contributed by atoms with van der Waals surface area (Å²) in [7, 11) is 0. The van der Waals surface area contributed by atoms with E-state index in [0.29, 0.717) is 17.5 Å². The molecule has 30 heavy (non-hydrogen) atoms. The summed E-state index contributed by atoms with van der Waals surface area (Å²) >= 11 is 0. The average molecular weight is 402 g/mol. The molecule has 3 rings (SSSR count). The molecule has 0 unspecified atom stereocenters. The third kappa shape index (κ3) is 5.57. The maximum absolute atomic E-state index is 12.6. The molecule has 2 aromatic rings.